The van der Waals surface area contributed by atoms with Crippen molar-refractivity contribution in [2.24, 2.45) is 0 Å². The Bertz CT molecular complexity index is 826. The molecule has 2 N–H and O–H groups in total. The lowest BCUT2D eigenvalue weighted by atomic mass is 10.2. The molecule has 26 heavy (non-hydrogen) atoms. The number of nitrogens with zero attached hydrogens (tertiary/aromatic N) is 1. The number of hydrogen-bond acceptors (Lipinski definition) is 3. The summed E-state index contributed by atoms with van der Waals surface area (Å²) in [7, 11) is 0. The average molecular weight is 376 g/mol. The van der Waals surface area contributed by atoms with Crippen molar-refractivity contribution in [2.45, 2.75) is 25.8 Å². The van der Waals surface area contributed by atoms with Gasteiger partial charge < -0.3 is 15.5 Å². The standard InChI is InChI=1S/C19H19ClFN3O2/c1-12(19(26)23-14-6-9-17(21)16(20)11-14)22-13-4-7-15(8-5-13)24-10-2-3-18(24)25/h4-9,11-12,22H,2-3,10H2,1H3,(H,23,26)/t12-/m1/s1. The normalized spacial score (nSPS) is 15.0. The number of nitrogens with one attached hydrogen (secondary N) is 2. The van der Waals surface area contributed by atoms with E-state index in [-0.39, 0.29) is 16.8 Å². The second-order valence-electron chi connectivity index (χ2n) is 6.18. The minimum absolute atomic E-state index is 0.0459. The van der Waals surface area contributed by atoms with E-state index in [1.807, 2.05) is 24.3 Å². The molecule has 7 heteroatoms. The number of rotatable bonds is 5. The molecule has 2 aromatic carbocycles. The highest BCUT2D eigenvalue weighted by atomic mass is 35.5. The zero-order chi connectivity index (χ0) is 18.7. The molecule has 2 amide bonds. The zero-order valence-electron chi connectivity index (χ0n) is 14.3. The van der Waals surface area contributed by atoms with Gasteiger partial charge in [-0.1, -0.05) is 11.6 Å². The van der Waals surface area contributed by atoms with E-state index in [2.05, 4.69) is 10.6 Å². The lowest BCUT2D eigenvalue weighted by molar-refractivity contribution is -0.117. The number of benzene rings is 2. The molecule has 1 atom stereocenters. The van der Waals surface area contributed by atoms with Crippen molar-refractivity contribution in [3.63, 3.8) is 0 Å². The third-order valence-electron chi connectivity index (χ3n) is 4.22. The van der Waals surface area contributed by atoms with Crippen molar-refractivity contribution >= 4 is 40.5 Å². The third kappa shape index (κ3) is 4.14. The van der Waals surface area contributed by atoms with Gasteiger partial charge in [0.15, 0.2) is 0 Å². The molecule has 1 aliphatic rings. The molecule has 0 aromatic heterocycles. The number of carbonyl (C=O) groups excluding carboxylic acids is 2. The summed E-state index contributed by atoms with van der Waals surface area (Å²) in [4.78, 5) is 25.8. The summed E-state index contributed by atoms with van der Waals surface area (Å²) in [6.07, 6.45) is 1.47. The first-order chi connectivity index (χ1) is 12.4. The van der Waals surface area contributed by atoms with Crippen LogP contribution in [0.3, 0.4) is 0 Å². The molecule has 1 fully saturated rings. The number of anilines is 3. The van der Waals surface area contributed by atoms with Gasteiger partial charge in [0.25, 0.3) is 0 Å². The number of hydrogen-bond donors (Lipinski definition) is 2. The van der Waals surface area contributed by atoms with Crippen LogP contribution in [0.25, 0.3) is 0 Å². The van der Waals surface area contributed by atoms with E-state index >= 15 is 0 Å². The molecule has 1 aliphatic heterocycles. The quantitative estimate of drug-likeness (QED) is 0.828. The summed E-state index contributed by atoms with van der Waals surface area (Å²) in [6.45, 7) is 2.46. The first kappa shape index (κ1) is 18.2. The maximum absolute atomic E-state index is 13.2. The van der Waals surface area contributed by atoms with Gasteiger partial charge in [0.1, 0.15) is 11.9 Å². The Kier molecular flexibility index (Phi) is 5.42. The van der Waals surface area contributed by atoms with Crippen molar-refractivity contribution in [3.8, 4) is 0 Å². The first-order valence-corrected chi connectivity index (χ1v) is 8.75. The molecule has 5 nitrogen and oxygen atoms in total. The largest absolute Gasteiger partial charge is 0.374 e. The van der Waals surface area contributed by atoms with Crippen molar-refractivity contribution in [2.75, 3.05) is 22.1 Å². The molecular formula is C19H19ClFN3O2. The van der Waals surface area contributed by atoms with Crippen LogP contribution in [0.5, 0.6) is 0 Å². The van der Waals surface area contributed by atoms with Gasteiger partial charge in [-0.05, 0) is 55.8 Å². The second-order valence-corrected chi connectivity index (χ2v) is 6.59. The highest BCUT2D eigenvalue weighted by Crippen LogP contribution is 2.23. The van der Waals surface area contributed by atoms with Gasteiger partial charge in [0.2, 0.25) is 11.8 Å². The van der Waals surface area contributed by atoms with Crippen LogP contribution in [-0.2, 0) is 9.59 Å². The van der Waals surface area contributed by atoms with Crippen LogP contribution in [0.1, 0.15) is 19.8 Å². The van der Waals surface area contributed by atoms with Gasteiger partial charge in [-0.2, -0.15) is 0 Å². The van der Waals surface area contributed by atoms with Gasteiger partial charge in [0, 0.05) is 30.0 Å². The average Bonchev–Trinajstić information content (AvgIpc) is 3.05. The van der Waals surface area contributed by atoms with E-state index in [9.17, 15) is 14.0 Å². The molecular weight excluding hydrogens is 357 g/mol. The molecule has 0 aliphatic carbocycles. The van der Waals surface area contributed by atoms with E-state index in [1.54, 1.807) is 11.8 Å². The smallest absolute Gasteiger partial charge is 0.246 e. The van der Waals surface area contributed by atoms with Gasteiger partial charge in [-0.15, -0.1) is 0 Å². The fourth-order valence-corrected chi connectivity index (χ4v) is 2.98. The first-order valence-electron chi connectivity index (χ1n) is 8.37. The predicted octanol–water partition coefficient (Wildman–Crippen LogP) is 4.05. The van der Waals surface area contributed by atoms with Crippen molar-refractivity contribution in [1.29, 1.82) is 0 Å². The molecule has 136 valence electrons. The van der Waals surface area contributed by atoms with Crippen LogP contribution in [0.2, 0.25) is 5.02 Å². The van der Waals surface area contributed by atoms with Gasteiger partial charge in [-0.25, -0.2) is 4.39 Å². The highest BCUT2D eigenvalue weighted by molar-refractivity contribution is 6.31. The molecule has 0 bridgehead atoms. The van der Waals surface area contributed by atoms with Gasteiger partial charge in [0.05, 0.1) is 5.02 Å². The fourth-order valence-electron chi connectivity index (χ4n) is 2.80. The SMILES string of the molecule is C[C@@H](Nc1ccc(N2CCCC2=O)cc1)C(=O)Nc1ccc(F)c(Cl)c1. The van der Waals surface area contributed by atoms with E-state index < -0.39 is 11.9 Å². The van der Waals surface area contributed by atoms with E-state index in [4.69, 9.17) is 11.6 Å². The van der Waals surface area contributed by atoms with Crippen LogP contribution in [0.15, 0.2) is 42.5 Å². The molecule has 2 aromatic rings. The summed E-state index contributed by atoms with van der Waals surface area (Å²) in [5.74, 6) is -0.671. The maximum atomic E-state index is 13.2. The van der Waals surface area contributed by atoms with Crippen molar-refractivity contribution < 1.29 is 14.0 Å². The van der Waals surface area contributed by atoms with Gasteiger partial charge >= 0.3 is 0 Å². The summed E-state index contributed by atoms with van der Waals surface area (Å²) in [5.41, 5.74) is 2.05. The second kappa shape index (κ2) is 7.74. The van der Waals surface area contributed by atoms with Crippen LogP contribution >= 0.6 is 11.6 Å². The fraction of sp³-hybridized carbons (Fsp3) is 0.263. The molecule has 1 heterocycles. The Hall–Kier alpha value is -2.60. The van der Waals surface area contributed by atoms with Gasteiger partial charge in [-0.3, -0.25) is 9.59 Å². The number of halogens is 2. The number of amides is 2. The zero-order valence-corrected chi connectivity index (χ0v) is 15.0. The molecule has 0 spiro atoms. The van der Waals surface area contributed by atoms with E-state index in [1.165, 1.54) is 18.2 Å². The van der Waals surface area contributed by atoms with Crippen LogP contribution in [0, 0.1) is 5.82 Å². The van der Waals surface area contributed by atoms with Crippen molar-refractivity contribution in [1.82, 2.24) is 0 Å². The van der Waals surface area contributed by atoms with Crippen LogP contribution < -0.4 is 15.5 Å². The Morgan fingerprint density at radius 2 is 1.88 bits per heavy atom. The monoisotopic (exact) mass is 375 g/mol. The summed E-state index contributed by atoms with van der Waals surface area (Å²) >= 11 is 5.72. The van der Waals surface area contributed by atoms with Crippen LogP contribution in [0.4, 0.5) is 21.5 Å². The van der Waals surface area contributed by atoms with Crippen LogP contribution in [-0.4, -0.2) is 24.4 Å². The summed E-state index contributed by atoms with van der Waals surface area (Å²) in [6, 6.07) is 10.9. The predicted molar refractivity (Wildman–Crippen MR) is 101 cm³/mol. The Labute approximate surface area is 156 Å². The summed E-state index contributed by atoms with van der Waals surface area (Å²) < 4.78 is 13.2. The highest BCUT2D eigenvalue weighted by Gasteiger charge is 2.21. The molecule has 0 saturated carbocycles. The third-order valence-corrected chi connectivity index (χ3v) is 4.51. The van der Waals surface area contributed by atoms with E-state index in [0.717, 1.165) is 24.3 Å². The Balaban J connectivity index is 1.59. The van der Waals surface area contributed by atoms with E-state index in [0.29, 0.717) is 12.1 Å². The lowest BCUT2D eigenvalue weighted by Gasteiger charge is -2.18. The molecule has 0 unspecified atom stereocenters. The maximum Gasteiger partial charge on any atom is 0.246 e. The minimum Gasteiger partial charge on any atom is -0.374 e. The lowest BCUT2D eigenvalue weighted by Crippen LogP contribution is -2.31. The minimum atomic E-state index is -0.535. The summed E-state index contributed by atoms with van der Waals surface area (Å²) in [5, 5.41) is 5.73. The molecule has 0 radical (unpaired) electrons. The Morgan fingerprint density at radius 3 is 2.50 bits per heavy atom. The molecule has 3 rings (SSSR count). The number of carbonyl (C=O) groups is 2. The topological polar surface area (TPSA) is 61.4 Å². The van der Waals surface area contributed by atoms with Crippen molar-refractivity contribution in [3.05, 3.63) is 53.3 Å². The Morgan fingerprint density at radius 1 is 1.19 bits per heavy atom. The molecule has 1 saturated heterocycles.